The molecule has 1 aromatic carbocycles. The average molecular weight is 284 g/mol. The van der Waals surface area contributed by atoms with Crippen LogP contribution in [0.4, 0.5) is 4.79 Å². The predicted molar refractivity (Wildman–Crippen MR) is 68.3 cm³/mol. The molecule has 86 valence electrons. The van der Waals surface area contributed by atoms with E-state index < -0.39 is 6.03 Å². The van der Waals surface area contributed by atoms with E-state index >= 15 is 0 Å². The number of nitrogens with one attached hydrogen (secondary N) is 1. The van der Waals surface area contributed by atoms with Gasteiger partial charge in [0.25, 0.3) is 0 Å². The zero-order valence-electron chi connectivity index (χ0n) is 9.03. The SMILES string of the molecule is C/C(CCc1ccccc1Br)=N\NC(N)=O. The van der Waals surface area contributed by atoms with Crippen LogP contribution in [-0.4, -0.2) is 11.7 Å². The van der Waals surface area contributed by atoms with Crippen LogP contribution in [-0.2, 0) is 6.42 Å². The van der Waals surface area contributed by atoms with Gasteiger partial charge in [0.05, 0.1) is 0 Å². The van der Waals surface area contributed by atoms with Crippen molar-refractivity contribution in [3.63, 3.8) is 0 Å². The van der Waals surface area contributed by atoms with Gasteiger partial charge in [-0.1, -0.05) is 34.1 Å². The summed E-state index contributed by atoms with van der Waals surface area (Å²) in [6.07, 6.45) is 1.65. The third kappa shape index (κ3) is 4.44. The van der Waals surface area contributed by atoms with Crippen molar-refractivity contribution in [2.45, 2.75) is 19.8 Å². The van der Waals surface area contributed by atoms with Crippen LogP contribution < -0.4 is 11.2 Å². The summed E-state index contributed by atoms with van der Waals surface area (Å²) in [6.45, 7) is 1.85. The second kappa shape index (κ2) is 6.27. The fourth-order valence-corrected chi connectivity index (χ4v) is 1.71. The van der Waals surface area contributed by atoms with E-state index in [0.717, 1.165) is 23.0 Å². The van der Waals surface area contributed by atoms with Crippen LogP contribution in [0.15, 0.2) is 33.8 Å². The van der Waals surface area contributed by atoms with Gasteiger partial charge in [0.15, 0.2) is 0 Å². The van der Waals surface area contributed by atoms with E-state index in [4.69, 9.17) is 5.73 Å². The maximum absolute atomic E-state index is 10.4. The predicted octanol–water partition coefficient (Wildman–Crippen LogP) is 2.43. The van der Waals surface area contributed by atoms with Crippen LogP contribution in [0.5, 0.6) is 0 Å². The molecule has 2 amide bonds. The molecule has 0 atom stereocenters. The first-order valence-corrected chi connectivity index (χ1v) is 5.71. The molecule has 4 nitrogen and oxygen atoms in total. The van der Waals surface area contributed by atoms with E-state index in [2.05, 4.69) is 32.5 Å². The number of urea groups is 1. The van der Waals surface area contributed by atoms with E-state index in [-0.39, 0.29) is 0 Å². The molecule has 0 aliphatic heterocycles. The van der Waals surface area contributed by atoms with Crippen molar-refractivity contribution in [3.8, 4) is 0 Å². The smallest absolute Gasteiger partial charge is 0.332 e. The number of hydrogen-bond acceptors (Lipinski definition) is 2. The van der Waals surface area contributed by atoms with Gasteiger partial charge in [0, 0.05) is 10.2 Å². The van der Waals surface area contributed by atoms with Crippen molar-refractivity contribution < 1.29 is 4.79 Å². The number of hydrazone groups is 1. The summed E-state index contributed by atoms with van der Waals surface area (Å²) in [6, 6.07) is 7.39. The van der Waals surface area contributed by atoms with Gasteiger partial charge in [-0.15, -0.1) is 0 Å². The van der Waals surface area contributed by atoms with Gasteiger partial charge in [-0.05, 0) is 31.4 Å². The van der Waals surface area contributed by atoms with Crippen LogP contribution in [0.3, 0.4) is 0 Å². The summed E-state index contributed by atoms with van der Waals surface area (Å²) in [5.41, 5.74) is 9.18. The molecule has 0 saturated carbocycles. The summed E-state index contributed by atoms with van der Waals surface area (Å²) in [5, 5.41) is 3.85. The molecule has 0 fully saturated rings. The minimum Gasteiger partial charge on any atom is -0.350 e. The summed E-state index contributed by atoms with van der Waals surface area (Å²) < 4.78 is 1.09. The molecule has 0 unspecified atom stereocenters. The van der Waals surface area contributed by atoms with Gasteiger partial charge in [0.2, 0.25) is 0 Å². The summed E-state index contributed by atoms with van der Waals surface area (Å²) in [4.78, 5) is 10.4. The van der Waals surface area contributed by atoms with E-state index in [9.17, 15) is 4.79 Å². The standard InChI is InChI=1S/C11H14BrN3O/c1-8(14-15-11(13)16)6-7-9-4-2-3-5-10(9)12/h2-5H,6-7H2,1H3,(H3,13,15,16)/b14-8+. The highest BCUT2D eigenvalue weighted by Gasteiger charge is 2.00. The zero-order chi connectivity index (χ0) is 12.0. The summed E-state index contributed by atoms with van der Waals surface area (Å²) in [7, 11) is 0. The molecular weight excluding hydrogens is 270 g/mol. The summed E-state index contributed by atoms with van der Waals surface area (Å²) in [5.74, 6) is 0. The minimum absolute atomic E-state index is 0.639. The minimum atomic E-state index is -0.639. The number of benzene rings is 1. The molecule has 1 aromatic rings. The lowest BCUT2D eigenvalue weighted by atomic mass is 10.1. The van der Waals surface area contributed by atoms with Gasteiger partial charge in [-0.25, -0.2) is 10.2 Å². The third-order valence-electron chi connectivity index (χ3n) is 2.07. The number of aryl methyl sites for hydroxylation is 1. The van der Waals surface area contributed by atoms with Gasteiger partial charge in [-0.3, -0.25) is 0 Å². The Bertz CT molecular complexity index is 404. The van der Waals surface area contributed by atoms with Crippen molar-refractivity contribution in [1.29, 1.82) is 0 Å². The number of primary amides is 1. The Balaban J connectivity index is 2.49. The van der Waals surface area contributed by atoms with Gasteiger partial charge >= 0.3 is 6.03 Å². The van der Waals surface area contributed by atoms with Crippen molar-refractivity contribution >= 4 is 27.7 Å². The first-order chi connectivity index (χ1) is 7.59. The van der Waals surface area contributed by atoms with E-state index in [0.29, 0.717) is 0 Å². The van der Waals surface area contributed by atoms with Gasteiger partial charge in [0.1, 0.15) is 0 Å². The molecule has 5 heteroatoms. The monoisotopic (exact) mass is 283 g/mol. The van der Waals surface area contributed by atoms with Gasteiger partial charge < -0.3 is 5.73 Å². The van der Waals surface area contributed by atoms with Crippen molar-refractivity contribution in [2.75, 3.05) is 0 Å². The molecule has 0 aromatic heterocycles. The Hall–Kier alpha value is -1.36. The first kappa shape index (κ1) is 12.7. The van der Waals surface area contributed by atoms with Crippen LogP contribution in [0.1, 0.15) is 18.9 Å². The number of hydrogen-bond donors (Lipinski definition) is 2. The molecule has 0 heterocycles. The maximum Gasteiger partial charge on any atom is 0.332 e. The van der Waals surface area contributed by atoms with Crippen LogP contribution in [0.25, 0.3) is 0 Å². The zero-order valence-corrected chi connectivity index (χ0v) is 10.6. The highest BCUT2D eigenvalue weighted by atomic mass is 79.9. The second-order valence-electron chi connectivity index (χ2n) is 3.41. The molecule has 0 radical (unpaired) electrons. The highest BCUT2D eigenvalue weighted by Crippen LogP contribution is 2.17. The number of carbonyl (C=O) groups excluding carboxylic acids is 1. The molecule has 0 aliphatic rings. The second-order valence-corrected chi connectivity index (χ2v) is 4.27. The number of amides is 2. The molecule has 0 spiro atoms. The fourth-order valence-electron chi connectivity index (χ4n) is 1.22. The van der Waals surface area contributed by atoms with Crippen molar-refractivity contribution in [1.82, 2.24) is 5.43 Å². The maximum atomic E-state index is 10.4. The largest absolute Gasteiger partial charge is 0.350 e. The Kier molecular flexibility index (Phi) is 4.98. The van der Waals surface area contributed by atoms with Gasteiger partial charge in [-0.2, -0.15) is 5.10 Å². The lowest BCUT2D eigenvalue weighted by molar-refractivity contribution is 0.249. The Morgan fingerprint density at radius 1 is 1.50 bits per heavy atom. The molecular formula is C11H14BrN3O. The van der Waals surface area contributed by atoms with Crippen LogP contribution >= 0.6 is 15.9 Å². The number of rotatable bonds is 4. The first-order valence-electron chi connectivity index (χ1n) is 4.91. The van der Waals surface area contributed by atoms with Crippen molar-refractivity contribution in [2.24, 2.45) is 10.8 Å². The average Bonchev–Trinajstić information content (AvgIpc) is 2.25. The topological polar surface area (TPSA) is 67.5 Å². The van der Waals surface area contributed by atoms with E-state index in [1.807, 2.05) is 25.1 Å². The fraction of sp³-hybridized carbons (Fsp3) is 0.273. The van der Waals surface area contributed by atoms with Crippen LogP contribution in [0.2, 0.25) is 0 Å². The molecule has 0 aliphatic carbocycles. The molecule has 1 rings (SSSR count). The van der Waals surface area contributed by atoms with E-state index in [1.54, 1.807) is 0 Å². The third-order valence-corrected chi connectivity index (χ3v) is 2.84. The normalized spacial score (nSPS) is 11.2. The number of halogens is 1. The lowest BCUT2D eigenvalue weighted by Gasteiger charge is -2.03. The number of nitrogens with zero attached hydrogens (tertiary/aromatic N) is 1. The highest BCUT2D eigenvalue weighted by molar-refractivity contribution is 9.10. The lowest BCUT2D eigenvalue weighted by Crippen LogP contribution is -2.25. The number of carbonyl (C=O) groups is 1. The molecule has 0 saturated heterocycles. The Morgan fingerprint density at radius 3 is 2.81 bits per heavy atom. The van der Waals surface area contributed by atoms with E-state index in [1.165, 1.54) is 5.56 Å². The van der Waals surface area contributed by atoms with Crippen LogP contribution in [0, 0.1) is 0 Å². The Morgan fingerprint density at radius 2 is 2.19 bits per heavy atom. The quantitative estimate of drug-likeness (QED) is 0.647. The summed E-state index contributed by atoms with van der Waals surface area (Å²) >= 11 is 3.48. The molecule has 16 heavy (non-hydrogen) atoms. The van der Waals surface area contributed by atoms with Crippen molar-refractivity contribution in [3.05, 3.63) is 34.3 Å². The Labute approximate surface area is 103 Å². The molecule has 3 N–H and O–H groups in total. The number of nitrogens with two attached hydrogens (primary N) is 1. The molecule has 0 bridgehead atoms.